The van der Waals surface area contributed by atoms with E-state index in [2.05, 4.69) is 4.74 Å². The number of piperidine rings is 2. The third-order valence-electron chi connectivity index (χ3n) is 12.1. The van der Waals surface area contributed by atoms with Gasteiger partial charge in [0.1, 0.15) is 34.3 Å². The van der Waals surface area contributed by atoms with Gasteiger partial charge >= 0.3 is 18.0 Å². The summed E-state index contributed by atoms with van der Waals surface area (Å²) in [4.78, 5) is 57.6. The summed E-state index contributed by atoms with van der Waals surface area (Å²) in [7, 11) is 1.25. The van der Waals surface area contributed by atoms with Crippen molar-refractivity contribution in [1.82, 2.24) is 9.80 Å². The molecule has 4 aromatic carbocycles. The number of fused-ring (bicyclic) bond motifs is 2. The number of Topliss-reactive ketones (excluding diaryl/α,β-unsaturated/α-hetero) is 1. The molecule has 0 radical (unpaired) electrons. The molecule has 340 valence electrons. The Morgan fingerprint density at radius 1 is 0.641 bits per heavy atom. The minimum atomic E-state index is -0.604. The van der Waals surface area contributed by atoms with Crippen LogP contribution in [0, 0.1) is 11.6 Å². The van der Waals surface area contributed by atoms with Crippen molar-refractivity contribution in [1.29, 1.82) is 0 Å². The minimum absolute atomic E-state index is 0.0306. The number of para-hydroxylation sites is 2. The summed E-state index contributed by atoms with van der Waals surface area (Å²) in [6, 6.07) is 19.7. The maximum atomic E-state index is 14.9. The van der Waals surface area contributed by atoms with E-state index >= 15 is 0 Å². The molecule has 4 aromatic rings. The van der Waals surface area contributed by atoms with Crippen LogP contribution in [0.15, 0.2) is 72.8 Å². The zero-order valence-corrected chi connectivity index (χ0v) is 37.5. The first-order valence-corrected chi connectivity index (χ1v) is 22.2. The minimum Gasteiger partial charge on any atom is -0.485 e. The molecule has 12 nitrogen and oxygen atoms in total. The zero-order chi connectivity index (χ0) is 45.8. The first kappa shape index (κ1) is 46.0. The molecule has 0 saturated carbocycles. The SMILES string of the molecule is CC1(C)Cc2cccc(N(Cc3ccc(C(=O)CN)cc3F)C(=O)N3CCCCC3)c2O1.COC(=O)c1ccc(CN(C(=O)N2CCCCC2)c2cccc3c2OC(C)(C)C3)c(F)c1. The fourth-order valence-electron chi connectivity index (χ4n) is 8.88. The first-order valence-electron chi connectivity index (χ1n) is 22.2. The third-order valence-corrected chi connectivity index (χ3v) is 12.1. The van der Waals surface area contributed by atoms with Gasteiger partial charge in [0.05, 0.1) is 43.7 Å². The van der Waals surface area contributed by atoms with Gasteiger partial charge in [-0.3, -0.25) is 14.6 Å². The highest BCUT2D eigenvalue weighted by molar-refractivity contribution is 5.98. The van der Waals surface area contributed by atoms with E-state index < -0.39 is 17.6 Å². The van der Waals surface area contributed by atoms with Crippen LogP contribution in [-0.2, 0) is 30.7 Å². The first-order chi connectivity index (χ1) is 30.6. The fraction of sp³-hybridized carbons (Fsp3) is 0.440. The van der Waals surface area contributed by atoms with Crippen LogP contribution in [0.1, 0.15) is 109 Å². The summed E-state index contributed by atoms with van der Waals surface area (Å²) in [5, 5.41) is 0. The number of likely N-dealkylation sites (tertiary alicyclic amines) is 2. The quantitative estimate of drug-likeness (QED) is 0.130. The Morgan fingerprint density at radius 2 is 1.06 bits per heavy atom. The monoisotopic (exact) mass is 879 g/mol. The van der Waals surface area contributed by atoms with Crippen molar-refractivity contribution < 1.29 is 42.2 Å². The van der Waals surface area contributed by atoms with Gasteiger partial charge in [0.2, 0.25) is 0 Å². The second-order valence-electron chi connectivity index (χ2n) is 18.2. The number of rotatable bonds is 9. The molecule has 0 bridgehead atoms. The summed E-state index contributed by atoms with van der Waals surface area (Å²) < 4.78 is 47.0. The highest BCUT2D eigenvalue weighted by Gasteiger charge is 2.37. The Morgan fingerprint density at radius 3 is 1.47 bits per heavy atom. The lowest BCUT2D eigenvalue weighted by Gasteiger charge is -2.34. The lowest BCUT2D eigenvalue weighted by Crippen LogP contribution is -2.45. The van der Waals surface area contributed by atoms with E-state index in [4.69, 9.17) is 15.2 Å². The van der Waals surface area contributed by atoms with Crippen LogP contribution in [0.3, 0.4) is 0 Å². The van der Waals surface area contributed by atoms with Crippen LogP contribution in [0.5, 0.6) is 11.5 Å². The van der Waals surface area contributed by atoms with Crippen molar-refractivity contribution in [3.63, 3.8) is 0 Å². The molecule has 0 spiro atoms. The second-order valence-corrected chi connectivity index (χ2v) is 18.2. The van der Waals surface area contributed by atoms with Crippen LogP contribution in [-0.4, -0.2) is 84.7 Å². The summed E-state index contributed by atoms with van der Waals surface area (Å²) >= 11 is 0. The Bertz CT molecular complexity index is 2230. The summed E-state index contributed by atoms with van der Waals surface area (Å²) in [5.74, 6) is -0.665. The number of nitrogens with zero attached hydrogens (tertiary/aromatic N) is 4. The summed E-state index contributed by atoms with van der Waals surface area (Å²) in [6.45, 7) is 10.7. The molecule has 0 aromatic heterocycles. The highest BCUT2D eigenvalue weighted by Crippen LogP contribution is 2.44. The Hall–Kier alpha value is -6.02. The number of nitrogens with two attached hydrogens (primary N) is 1. The fourth-order valence-corrected chi connectivity index (χ4v) is 8.88. The number of carbonyl (C=O) groups is 4. The van der Waals surface area contributed by atoms with Gasteiger partial charge in [-0.1, -0.05) is 42.5 Å². The van der Waals surface area contributed by atoms with Gasteiger partial charge in [-0.25, -0.2) is 23.2 Å². The van der Waals surface area contributed by atoms with Gasteiger partial charge in [0.25, 0.3) is 0 Å². The average molecular weight is 880 g/mol. The summed E-state index contributed by atoms with van der Waals surface area (Å²) in [6.07, 6.45) is 7.52. The number of hydrogen-bond donors (Lipinski definition) is 1. The van der Waals surface area contributed by atoms with Crippen LogP contribution < -0.4 is 25.0 Å². The molecule has 0 atom stereocenters. The topological polar surface area (TPSA) is 135 Å². The number of urea groups is 2. The molecule has 64 heavy (non-hydrogen) atoms. The van der Waals surface area contributed by atoms with Crippen molar-refractivity contribution in [2.45, 2.75) is 103 Å². The smallest absolute Gasteiger partial charge is 0.337 e. The molecule has 2 saturated heterocycles. The number of amides is 4. The average Bonchev–Trinajstić information content (AvgIpc) is 3.80. The lowest BCUT2D eigenvalue weighted by molar-refractivity contribution is 0.0599. The van der Waals surface area contributed by atoms with Crippen molar-refractivity contribution >= 4 is 35.2 Å². The maximum absolute atomic E-state index is 14.9. The molecular weight excluding hydrogens is 821 g/mol. The number of anilines is 2. The van der Waals surface area contributed by atoms with Crippen LogP contribution >= 0.6 is 0 Å². The molecule has 4 aliphatic heterocycles. The van der Waals surface area contributed by atoms with Crippen LogP contribution in [0.25, 0.3) is 0 Å². The van der Waals surface area contributed by atoms with Gasteiger partial charge in [0, 0.05) is 66.8 Å². The van der Waals surface area contributed by atoms with Crippen LogP contribution in [0.2, 0.25) is 0 Å². The predicted octanol–water partition coefficient (Wildman–Crippen LogP) is 9.23. The van der Waals surface area contributed by atoms with Gasteiger partial charge < -0.3 is 29.7 Å². The number of carbonyl (C=O) groups excluding carboxylic acids is 4. The molecule has 4 heterocycles. The molecule has 2 fully saturated rings. The maximum Gasteiger partial charge on any atom is 0.337 e. The van der Waals surface area contributed by atoms with E-state index in [9.17, 15) is 28.0 Å². The van der Waals surface area contributed by atoms with Gasteiger partial charge in [-0.2, -0.15) is 0 Å². The Labute approximate surface area is 374 Å². The molecule has 4 aliphatic rings. The number of hydrogen-bond acceptors (Lipinski definition) is 8. The van der Waals surface area contributed by atoms with Crippen molar-refractivity contribution in [2.24, 2.45) is 5.73 Å². The zero-order valence-electron chi connectivity index (χ0n) is 37.5. The standard InChI is InChI=1S/C25H30FN3O3.C25H29FN2O4/c1-25(2)14-18-7-6-8-21(23(18)32-25)29(24(31)28-11-4-3-5-12-28)16-19-10-9-17(13-20(19)26)22(30)15-27;1-25(2)15-18-8-7-9-21(22(18)32-25)28(24(30)27-12-5-4-6-13-27)16-19-11-10-17(14-20(19)26)23(29)31-3/h6-10,13H,3-5,11-12,14-16,27H2,1-2H3;7-11,14H,4-6,12-13,15-16H2,1-3H3. The van der Waals surface area contributed by atoms with Gasteiger partial charge in [-0.15, -0.1) is 0 Å². The van der Waals surface area contributed by atoms with E-state index in [1.807, 2.05) is 73.9 Å². The number of halogens is 2. The van der Waals surface area contributed by atoms with E-state index in [0.717, 1.165) is 68.6 Å². The van der Waals surface area contributed by atoms with E-state index in [0.29, 0.717) is 60.2 Å². The molecule has 2 N–H and O–H groups in total. The molecule has 0 aliphatic carbocycles. The number of ether oxygens (including phenoxy) is 3. The van der Waals surface area contributed by atoms with Crippen molar-refractivity contribution in [3.8, 4) is 11.5 Å². The summed E-state index contributed by atoms with van der Waals surface area (Å²) in [5.41, 5.74) is 9.03. The molecule has 0 unspecified atom stereocenters. The molecule has 14 heteroatoms. The number of ketones is 1. The van der Waals surface area contributed by atoms with Crippen LogP contribution in [0.4, 0.5) is 29.7 Å². The van der Waals surface area contributed by atoms with E-state index in [-0.39, 0.29) is 59.8 Å². The molecule has 4 amide bonds. The number of esters is 1. The Kier molecular flexibility index (Phi) is 13.9. The highest BCUT2D eigenvalue weighted by atomic mass is 19.1. The Balaban J connectivity index is 0.000000191. The largest absolute Gasteiger partial charge is 0.485 e. The number of methoxy groups -OCH3 is 1. The van der Waals surface area contributed by atoms with Gasteiger partial charge in [-0.05, 0) is 96.6 Å². The molecule has 8 rings (SSSR count). The van der Waals surface area contributed by atoms with E-state index in [1.165, 1.54) is 25.3 Å². The number of benzene rings is 4. The molecular formula is C50H59F2N5O7. The normalized spacial score (nSPS) is 16.9. The second kappa shape index (κ2) is 19.4. The van der Waals surface area contributed by atoms with Crippen molar-refractivity contribution in [3.05, 3.63) is 118 Å². The third kappa shape index (κ3) is 10.3. The van der Waals surface area contributed by atoms with Gasteiger partial charge in [0.15, 0.2) is 5.78 Å². The van der Waals surface area contributed by atoms with E-state index in [1.54, 1.807) is 21.9 Å². The van der Waals surface area contributed by atoms with Crippen molar-refractivity contribution in [2.75, 3.05) is 49.6 Å². The predicted molar refractivity (Wildman–Crippen MR) is 241 cm³/mol. The lowest BCUT2D eigenvalue weighted by atomic mass is 10.0.